The molecular weight excluding hydrogens is 450 g/mol. The van der Waals surface area contributed by atoms with Crippen molar-refractivity contribution in [2.24, 2.45) is 0 Å². The maximum Gasteiger partial charge on any atom is 0.353 e. The minimum absolute atomic E-state index is 0.119. The first kappa shape index (κ1) is 22.0. The molecular formula is C27H23NO5S. The second-order valence-electron chi connectivity index (χ2n) is 7.81. The number of aromatic nitrogens is 1. The van der Waals surface area contributed by atoms with Crippen molar-refractivity contribution >= 4 is 28.6 Å². The van der Waals surface area contributed by atoms with E-state index in [0.717, 1.165) is 21.4 Å². The summed E-state index contributed by atoms with van der Waals surface area (Å²) >= 11 is 1.42. The van der Waals surface area contributed by atoms with Crippen LogP contribution in [0.4, 0.5) is 0 Å². The predicted molar refractivity (Wildman–Crippen MR) is 130 cm³/mol. The van der Waals surface area contributed by atoms with Gasteiger partial charge in [0.1, 0.15) is 17.7 Å². The van der Waals surface area contributed by atoms with E-state index in [4.69, 9.17) is 14.2 Å². The SMILES string of the molecule is COc1cccc(Sc2c(C(=O)O)n(C(Cc3ccccc3)C3=COCO3)c3ccccc23)c1. The van der Waals surface area contributed by atoms with E-state index in [0.29, 0.717) is 22.8 Å². The molecule has 0 amide bonds. The lowest BCUT2D eigenvalue weighted by atomic mass is 10.0. The molecule has 172 valence electrons. The van der Waals surface area contributed by atoms with Crippen LogP contribution in [0.2, 0.25) is 0 Å². The Morgan fingerprint density at radius 1 is 1.09 bits per heavy atom. The summed E-state index contributed by atoms with van der Waals surface area (Å²) in [5.74, 6) is 0.318. The quantitative estimate of drug-likeness (QED) is 0.332. The normalized spacial score (nSPS) is 13.7. The number of fused-ring (bicyclic) bond motifs is 1. The van der Waals surface area contributed by atoms with Gasteiger partial charge in [0.15, 0.2) is 5.76 Å². The second-order valence-corrected chi connectivity index (χ2v) is 8.89. The molecule has 1 atom stereocenters. The number of aromatic carboxylic acids is 1. The van der Waals surface area contributed by atoms with Gasteiger partial charge in [-0.25, -0.2) is 4.79 Å². The minimum Gasteiger partial charge on any atom is -0.497 e. The molecule has 1 unspecified atom stereocenters. The molecule has 0 fully saturated rings. The van der Waals surface area contributed by atoms with Gasteiger partial charge in [-0.1, -0.05) is 66.4 Å². The van der Waals surface area contributed by atoms with Gasteiger partial charge < -0.3 is 23.9 Å². The van der Waals surface area contributed by atoms with E-state index in [1.807, 2.05) is 83.4 Å². The monoisotopic (exact) mass is 473 g/mol. The van der Waals surface area contributed by atoms with Crippen LogP contribution in [-0.2, 0) is 15.9 Å². The molecule has 2 heterocycles. The molecule has 0 saturated carbocycles. The van der Waals surface area contributed by atoms with Gasteiger partial charge in [-0.2, -0.15) is 0 Å². The third-order valence-electron chi connectivity index (χ3n) is 5.73. The molecule has 7 heteroatoms. The summed E-state index contributed by atoms with van der Waals surface area (Å²) in [4.78, 5) is 14.3. The maximum atomic E-state index is 12.7. The van der Waals surface area contributed by atoms with Gasteiger partial charge in [0.2, 0.25) is 6.79 Å². The van der Waals surface area contributed by atoms with E-state index in [-0.39, 0.29) is 18.5 Å². The number of ether oxygens (including phenoxy) is 3. The average molecular weight is 474 g/mol. The molecule has 0 bridgehead atoms. The van der Waals surface area contributed by atoms with Crippen molar-refractivity contribution in [2.45, 2.75) is 22.3 Å². The lowest BCUT2D eigenvalue weighted by molar-refractivity contribution is 0.0658. The molecule has 0 spiro atoms. The van der Waals surface area contributed by atoms with Crippen molar-refractivity contribution in [1.29, 1.82) is 0 Å². The summed E-state index contributed by atoms with van der Waals surface area (Å²) in [5.41, 5.74) is 2.11. The van der Waals surface area contributed by atoms with Gasteiger partial charge in [0.25, 0.3) is 0 Å². The van der Waals surface area contributed by atoms with E-state index >= 15 is 0 Å². The van der Waals surface area contributed by atoms with Crippen molar-refractivity contribution in [2.75, 3.05) is 13.9 Å². The zero-order valence-corrected chi connectivity index (χ0v) is 19.3. The molecule has 4 aromatic rings. The minimum atomic E-state index is -1.00. The molecule has 34 heavy (non-hydrogen) atoms. The van der Waals surface area contributed by atoms with Gasteiger partial charge in [0.05, 0.1) is 23.6 Å². The summed E-state index contributed by atoms with van der Waals surface area (Å²) in [6, 6.07) is 25.0. The molecule has 1 N–H and O–H groups in total. The highest BCUT2D eigenvalue weighted by atomic mass is 32.2. The largest absolute Gasteiger partial charge is 0.497 e. The fourth-order valence-corrected chi connectivity index (χ4v) is 5.35. The van der Waals surface area contributed by atoms with Crippen LogP contribution in [0.3, 0.4) is 0 Å². The van der Waals surface area contributed by atoms with Crippen LogP contribution in [0.5, 0.6) is 5.75 Å². The summed E-state index contributed by atoms with van der Waals surface area (Å²) in [6.07, 6.45) is 2.14. The molecule has 1 aliphatic rings. The number of benzene rings is 3. The number of para-hydroxylation sites is 1. The number of carboxylic acid groups (broad SMARTS) is 1. The van der Waals surface area contributed by atoms with Crippen molar-refractivity contribution in [3.63, 3.8) is 0 Å². The molecule has 3 aromatic carbocycles. The van der Waals surface area contributed by atoms with Crippen LogP contribution in [0.25, 0.3) is 10.9 Å². The zero-order valence-electron chi connectivity index (χ0n) is 18.5. The van der Waals surface area contributed by atoms with Crippen LogP contribution >= 0.6 is 11.8 Å². The second kappa shape index (κ2) is 9.57. The van der Waals surface area contributed by atoms with Gasteiger partial charge in [-0.05, 0) is 29.8 Å². The molecule has 1 aliphatic heterocycles. The van der Waals surface area contributed by atoms with Gasteiger partial charge >= 0.3 is 5.97 Å². The number of allylic oxidation sites excluding steroid dienone is 1. The Hall–Kier alpha value is -3.84. The molecule has 0 radical (unpaired) electrons. The molecule has 0 aliphatic carbocycles. The standard InChI is InChI=1S/C27H23NO5S/c1-31-19-10-7-11-20(15-19)34-26-21-12-5-6-13-22(21)28(25(26)27(29)30)23(24-16-32-17-33-24)14-18-8-3-2-4-9-18/h2-13,15-16,23H,14,17H2,1H3,(H,29,30). The molecule has 0 saturated heterocycles. The Bertz CT molecular complexity index is 1360. The first-order valence-electron chi connectivity index (χ1n) is 10.8. The van der Waals surface area contributed by atoms with E-state index in [1.54, 1.807) is 13.4 Å². The highest BCUT2D eigenvalue weighted by molar-refractivity contribution is 7.99. The van der Waals surface area contributed by atoms with Crippen molar-refractivity contribution in [3.05, 3.63) is 102 Å². The molecule has 6 nitrogen and oxygen atoms in total. The first-order chi connectivity index (χ1) is 16.7. The summed E-state index contributed by atoms with van der Waals surface area (Å²) in [5, 5.41) is 11.3. The van der Waals surface area contributed by atoms with E-state index in [2.05, 4.69) is 0 Å². The van der Waals surface area contributed by atoms with E-state index in [1.165, 1.54) is 11.8 Å². The van der Waals surface area contributed by atoms with Crippen LogP contribution in [0.1, 0.15) is 22.1 Å². The zero-order chi connectivity index (χ0) is 23.5. The summed E-state index contributed by atoms with van der Waals surface area (Å²) in [6.45, 7) is 0.119. The first-order valence-corrected chi connectivity index (χ1v) is 11.6. The number of methoxy groups -OCH3 is 1. The van der Waals surface area contributed by atoms with Gasteiger partial charge in [-0.3, -0.25) is 0 Å². The fourth-order valence-electron chi connectivity index (χ4n) is 4.23. The maximum absolute atomic E-state index is 12.7. The molecule has 1 aromatic heterocycles. The lowest BCUT2D eigenvalue weighted by Gasteiger charge is -2.22. The third kappa shape index (κ3) is 4.22. The number of carbonyl (C=O) groups is 1. The van der Waals surface area contributed by atoms with Crippen LogP contribution in [0, 0.1) is 0 Å². The average Bonchev–Trinajstić information content (AvgIpc) is 3.51. The van der Waals surface area contributed by atoms with Crippen molar-refractivity contribution < 1.29 is 24.1 Å². The number of nitrogens with zero attached hydrogens (tertiary/aromatic N) is 1. The number of hydrogen-bond acceptors (Lipinski definition) is 5. The lowest BCUT2D eigenvalue weighted by Crippen LogP contribution is -2.20. The highest BCUT2D eigenvalue weighted by Crippen LogP contribution is 2.43. The van der Waals surface area contributed by atoms with Gasteiger partial charge in [0, 0.05) is 16.7 Å². The van der Waals surface area contributed by atoms with Crippen molar-refractivity contribution in [1.82, 2.24) is 4.57 Å². The van der Waals surface area contributed by atoms with Crippen LogP contribution in [0.15, 0.2) is 101 Å². The smallest absolute Gasteiger partial charge is 0.353 e. The van der Waals surface area contributed by atoms with Gasteiger partial charge in [-0.15, -0.1) is 0 Å². The van der Waals surface area contributed by atoms with Crippen LogP contribution in [-0.4, -0.2) is 29.5 Å². The Balaban J connectivity index is 1.70. The summed E-state index contributed by atoms with van der Waals surface area (Å²) in [7, 11) is 1.61. The molecule has 5 rings (SSSR count). The van der Waals surface area contributed by atoms with E-state index in [9.17, 15) is 9.90 Å². The Morgan fingerprint density at radius 3 is 2.62 bits per heavy atom. The van der Waals surface area contributed by atoms with E-state index < -0.39 is 5.97 Å². The topological polar surface area (TPSA) is 69.9 Å². The highest BCUT2D eigenvalue weighted by Gasteiger charge is 2.31. The predicted octanol–water partition coefficient (Wildman–Crippen LogP) is 6.13. The number of carboxylic acids is 1. The summed E-state index contributed by atoms with van der Waals surface area (Å²) < 4.78 is 18.4. The Labute approximate surface area is 201 Å². The number of rotatable bonds is 8. The fraction of sp³-hybridized carbons (Fsp3) is 0.148. The Kier molecular flexibility index (Phi) is 6.18. The van der Waals surface area contributed by atoms with Crippen LogP contribution < -0.4 is 4.74 Å². The third-order valence-corrected chi connectivity index (χ3v) is 6.84. The van der Waals surface area contributed by atoms with Crippen molar-refractivity contribution in [3.8, 4) is 5.75 Å². The Morgan fingerprint density at radius 2 is 1.88 bits per heavy atom. The number of hydrogen-bond donors (Lipinski definition) is 1.